The van der Waals surface area contributed by atoms with Crippen LogP contribution in [0.15, 0.2) is 413 Å². The molecule has 25 aromatic rings. The quantitative estimate of drug-likeness (QED) is 0.107. The van der Waals surface area contributed by atoms with Crippen LogP contribution in [0.3, 0.4) is 0 Å². The minimum Gasteiger partial charge on any atom is -0.278 e. The van der Waals surface area contributed by atoms with Gasteiger partial charge in [0.05, 0.1) is 66.2 Å². The molecular weight excluding hydrogens is 1610 g/mol. The molecule has 0 aliphatic heterocycles. The SMILES string of the molecule is CC(C)(C)c1ccc2c(c1)n1c3ccccc3nc1n2-c1ccc(-c2nc(-c3ccccc3)nc(-c3ccccc3)n2)cc1.[2H]C([2H])([2H])c1ccc2c(c1)n1c3ccccc3nc1n2-c1ccc(-c2nc(-c3ccccc3)nc(-c3ccccc3)n2)cc1.c1ccc(-c2ccc3c(c2)n2c4ccccc4nc2n3-c2ccc(-c3nc(-c4ccccc4)nc(-c4ccccc4)n3)cc2)cc1. The fourth-order valence-corrected chi connectivity index (χ4v) is 17.3. The lowest BCUT2D eigenvalue weighted by Gasteiger charge is -2.19. The summed E-state index contributed by atoms with van der Waals surface area (Å²) in [7, 11) is 0. The molecular formula is C113H80N18. The average molecular weight is 1690 g/mol. The Morgan fingerprint density at radius 2 is 0.427 bits per heavy atom. The van der Waals surface area contributed by atoms with Gasteiger partial charge >= 0.3 is 0 Å². The first-order valence-electron chi connectivity index (χ1n) is 44.9. The van der Waals surface area contributed by atoms with Gasteiger partial charge in [-0.05, 0) is 180 Å². The minimum atomic E-state index is -2.22. The van der Waals surface area contributed by atoms with E-state index in [9.17, 15) is 0 Å². The van der Waals surface area contributed by atoms with Crippen molar-refractivity contribution in [3.63, 3.8) is 0 Å². The molecule has 0 aliphatic carbocycles. The van der Waals surface area contributed by atoms with Crippen LogP contribution in [0.25, 0.3) is 214 Å². The van der Waals surface area contributed by atoms with Crippen molar-refractivity contribution in [3.05, 3.63) is 424 Å². The Balaban J connectivity index is 0.000000114. The third-order valence-corrected chi connectivity index (χ3v) is 23.8. The first kappa shape index (κ1) is 74.8. The van der Waals surface area contributed by atoms with Crippen LogP contribution >= 0.6 is 0 Å². The van der Waals surface area contributed by atoms with Gasteiger partial charge in [-0.25, -0.2) is 59.8 Å². The zero-order chi connectivity index (χ0) is 90.1. The maximum Gasteiger partial charge on any atom is 0.220 e. The number of rotatable bonds is 13. The van der Waals surface area contributed by atoms with Gasteiger partial charge in [0.15, 0.2) is 52.4 Å². The Hall–Kier alpha value is -17.6. The van der Waals surface area contributed by atoms with E-state index < -0.39 is 6.85 Å². The van der Waals surface area contributed by atoms with Crippen molar-refractivity contribution >= 4 is 83.5 Å². The summed E-state index contributed by atoms with van der Waals surface area (Å²) in [5.41, 5.74) is 27.1. The third-order valence-electron chi connectivity index (χ3n) is 23.8. The van der Waals surface area contributed by atoms with E-state index in [0.717, 1.165) is 145 Å². The monoisotopic (exact) mass is 1690 g/mol. The summed E-state index contributed by atoms with van der Waals surface area (Å²) in [6.07, 6.45) is 0. The van der Waals surface area contributed by atoms with Crippen molar-refractivity contribution in [2.24, 2.45) is 0 Å². The summed E-state index contributed by atoms with van der Waals surface area (Å²) in [5.74, 6) is 8.08. The maximum atomic E-state index is 7.98. The van der Waals surface area contributed by atoms with Gasteiger partial charge in [-0.2, -0.15) is 0 Å². The standard InChI is InChI=1S/C40H26N6.C38H30N6.C35H24N6/c1-4-12-27(13-5-1)31-22-25-35-36(26-31)46-34-19-11-10-18-33(34)41-40(46)45(35)32-23-20-30(21-24-32)39-43-37(28-14-6-2-7-15-28)42-38(44-39)29-16-8-3-9-17-29;1-38(2,3)28-20-23-32-33(24-28)44-31-17-11-10-16-30(31)39-37(44)43(32)29-21-18-27(19-22-29)36-41-34(25-12-6-4-7-13-25)40-35(42-36)26-14-8-5-9-15-26;1-23-16-21-30-31(22-23)41-29-15-9-8-14-28(29)36-35(41)40(30)27-19-17-26(18-20-27)34-38-32(24-10-4-2-5-11-24)37-33(39-34)25-12-6-3-7-13-25/h1-26H;4-24H,1-3H3;2-22H,1H3/i;;1D3. The number of aryl methyl sites for hydroxylation is 1. The van der Waals surface area contributed by atoms with E-state index in [0.29, 0.717) is 58.2 Å². The minimum absolute atomic E-state index is 0.0302. The molecule has 0 radical (unpaired) electrons. The number of aromatic nitrogens is 18. The lowest BCUT2D eigenvalue weighted by molar-refractivity contribution is 0.591. The normalized spacial score (nSPS) is 12.1. The fraction of sp³-hybridized carbons (Fsp3) is 0.0442. The zero-order valence-electron chi connectivity index (χ0n) is 74.3. The average Bonchev–Trinajstić information content (AvgIpc) is 1.57. The Kier molecular flexibility index (Phi) is 18.7. The Labute approximate surface area is 757 Å². The molecule has 18 heteroatoms. The molecule has 0 atom stereocenters. The second-order valence-electron chi connectivity index (χ2n) is 33.2. The highest BCUT2D eigenvalue weighted by molar-refractivity contribution is 5.97. The van der Waals surface area contributed by atoms with E-state index in [1.54, 1.807) is 12.1 Å². The van der Waals surface area contributed by atoms with E-state index in [4.69, 9.17) is 63.9 Å². The summed E-state index contributed by atoms with van der Waals surface area (Å²) in [5, 5.41) is 0. The van der Waals surface area contributed by atoms with Gasteiger partial charge in [0, 0.05) is 71.2 Å². The number of imidazole rings is 6. The molecule has 25 rings (SSSR count). The number of hydrogen-bond acceptors (Lipinski definition) is 12. The first-order valence-corrected chi connectivity index (χ1v) is 43.4. The zero-order valence-corrected chi connectivity index (χ0v) is 71.3. The van der Waals surface area contributed by atoms with Crippen LogP contribution in [0.4, 0.5) is 0 Å². The summed E-state index contributed by atoms with van der Waals surface area (Å²) in [4.78, 5) is 58.9. The summed E-state index contributed by atoms with van der Waals surface area (Å²) < 4.78 is 37.0. The topological polar surface area (TPSA) is 183 Å². The van der Waals surface area contributed by atoms with E-state index in [1.807, 2.05) is 259 Å². The van der Waals surface area contributed by atoms with Crippen molar-refractivity contribution in [1.29, 1.82) is 0 Å². The van der Waals surface area contributed by atoms with Gasteiger partial charge in [-0.15, -0.1) is 0 Å². The van der Waals surface area contributed by atoms with Gasteiger partial charge < -0.3 is 0 Å². The van der Waals surface area contributed by atoms with Crippen molar-refractivity contribution in [2.45, 2.75) is 33.0 Å². The van der Waals surface area contributed by atoms with Crippen molar-refractivity contribution in [2.75, 3.05) is 0 Å². The maximum absolute atomic E-state index is 7.98. The number of fused-ring (bicyclic) bond motifs is 15. The Bertz CT molecular complexity index is 8210. The second kappa shape index (κ2) is 32.7. The van der Waals surface area contributed by atoms with Crippen molar-refractivity contribution < 1.29 is 4.11 Å². The summed E-state index contributed by atoms with van der Waals surface area (Å²) in [6, 6.07) is 138. The highest BCUT2D eigenvalue weighted by Crippen LogP contribution is 2.39. The van der Waals surface area contributed by atoms with Gasteiger partial charge in [0.1, 0.15) is 0 Å². The molecule has 0 spiro atoms. The van der Waals surface area contributed by atoms with Crippen LogP contribution in [-0.4, -0.2) is 86.7 Å². The fourth-order valence-electron chi connectivity index (χ4n) is 17.3. The van der Waals surface area contributed by atoms with E-state index in [-0.39, 0.29) is 11.0 Å². The van der Waals surface area contributed by atoms with Crippen molar-refractivity contribution in [1.82, 2.24) is 86.7 Å². The lowest BCUT2D eigenvalue weighted by Crippen LogP contribution is -2.10. The largest absolute Gasteiger partial charge is 0.278 e. The van der Waals surface area contributed by atoms with E-state index in [1.165, 1.54) is 16.7 Å². The first-order chi connectivity index (χ1) is 65.7. The van der Waals surface area contributed by atoms with Crippen LogP contribution in [0.1, 0.15) is 36.0 Å². The Morgan fingerprint density at radius 1 is 0.191 bits per heavy atom. The Morgan fingerprint density at radius 3 is 0.718 bits per heavy atom. The van der Waals surface area contributed by atoms with Crippen LogP contribution in [0.2, 0.25) is 0 Å². The molecule has 16 aromatic carbocycles. The molecule has 0 saturated carbocycles. The number of hydrogen-bond donors (Lipinski definition) is 0. The molecule has 9 heterocycles. The van der Waals surface area contributed by atoms with Gasteiger partial charge in [0.2, 0.25) is 17.3 Å². The van der Waals surface area contributed by atoms with E-state index in [2.05, 4.69) is 189 Å². The molecule has 9 aromatic heterocycles. The van der Waals surface area contributed by atoms with E-state index >= 15 is 0 Å². The molecule has 0 saturated heterocycles. The molecule has 131 heavy (non-hydrogen) atoms. The van der Waals surface area contributed by atoms with Crippen molar-refractivity contribution in [3.8, 4) is 131 Å². The predicted molar refractivity (Wildman–Crippen MR) is 527 cm³/mol. The number of para-hydroxylation sites is 6. The third kappa shape index (κ3) is 14.6. The van der Waals surface area contributed by atoms with Crippen LogP contribution in [0, 0.1) is 6.85 Å². The van der Waals surface area contributed by atoms with Crippen LogP contribution in [-0.2, 0) is 5.41 Å². The molecule has 0 unspecified atom stereocenters. The molecule has 0 amide bonds. The molecule has 0 aliphatic rings. The van der Waals surface area contributed by atoms with Gasteiger partial charge in [-0.1, -0.05) is 288 Å². The van der Waals surface area contributed by atoms with Gasteiger partial charge in [0.25, 0.3) is 0 Å². The molecule has 18 nitrogen and oxygen atoms in total. The second-order valence-corrected chi connectivity index (χ2v) is 33.2. The molecule has 0 fully saturated rings. The van der Waals surface area contributed by atoms with Crippen LogP contribution < -0.4 is 0 Å². The van der Waals surface area contributed by atoms with Gasteiger partial charge in [-0.3, -0.25) is 26.9 Å². The molecule has 0 bridgehead atoms. The molecule has 622 valence electrons. The highest BCUT2D eigenvalue weighted by Gasteiger charge is 2.26. The molecule has 0 N–H and O–H groups in total. The summed E-state index contributed by atoms with van der Waals surface area (Å²) >= 11 is 0. The smallest absolute Gasteiger partial charge is 0.220 e. The number of nitrogens with zero attached hydrogens (tertiary/aromatic N) is 18. The highest BCUT2D eigenvalue weighted by atomic mass is 15.2. The van der Waals surface area contributed by atoms with Crippen LogP contribution in [0.5, 0.6) is 0 Å². The summed E-state index contributed by atoms with van der Waals surface area (Å²) in [6.45, 7) is 4.53. The predicted octanol–water partition coefficient (Wildman–Crippen LogP) is 26.1. The number of benzene rings is 16. The lowest BCUT2D eigenvalue weighted by atomic mass is 9.87.